The number of rotatable bonds is 2. The van der Waals surface area contributed by atoms with Crippen LogP contribution in [0.3, 0.4) is 0 Å². The van der Waals surface area contributed by atoms with E-state index in [0.29, 0.717) is 12.4 Å². The lowest BCUT2D eigenvalue weighted by Gasteiger charge is -2.04. The first-order valence-corrected chi connectivity index (χ1v) is 5.98. The van der Waals surface area contributed by atoms with Crippen LogP contribution in [-0.2, 0) is 6.54 Å². The molecule has 0 spiro atoms. The van der Waals surface area contributed by atoms with Crippen molar-refractivity contribution < 1.29 is 0 Å². The zero-order chi connectivity index (χ0) is 11.7. The van der Waals surface area contributed by atoms with Crippen LogP contribution in [0.1, 0.15) is 11.3 Å². The van der Waals surface area contributed by atoms with Crippen molar-refractivity contribution in [3.8, 4) is 0 Å². The predicted molar refractivity (Wildman–Crippen MR) is 69.6 cm³/mol. The summed E-state index contributed by atoms with van der Waals surface area (Å²) >= 11 is 9.22. The van der Waals surface area contributed by atoms with Gasteiger partial charge < -0.3 is 5.73 Å². The van der Waals surface area contributed by atoms with E-state index in [1.807, 2.05) is 31.2 Å². The summed E-state index contributed by atoms with van der Waals surface area (Å²) in [4.78, 5) is 0. The smallest absolute Gasteiger partial charge is 0.136 e. The van der Waals surface area contributed by atoms with E-state index in [2.05, 4.69) is 21.0 Å². The Bertz CT molecular complexity index is 505. The van der Waals surface area contributed by atoms with Crippen LogP contribution in [0.5, 0.6) is 0 Å². The molecule has 3 nitrogen and oxygen atoms in total. The third-order valence-electron chi connectivity index (χ3n) is 2.34. The second-order valence-corrected chi connectivity index (χ2v) is 4.80. The summed E-state index contributed by atoms with van der Waals surface area (Å²) < 4.78 is 2.63. The number of nitrogens with two attached hydrogens (primary N) is 1. The molecule has 1 heterocycles. The molecule has 5 heteroatoms. The van der Waals surface area contributed by atoms with Gasteiger partial charge in [-0.2, -0.15) is 5.10 Å². The van der Waals surface area contributed by atoms with E-state index in [4.69, 9.17) is 17.3 Å². The van der Waals surface area contributed by atoms with E-state index >= 15 is 0 Å². The van der Waals surface area contributed by atoms with E-state index in [0.717, 1.165) is 20.8 Å². The molecule has 0 radical (unpaired) electrons. The fourth-order valence-corrected chi connectivity index (χ4v) is 1.87. The van der Waals surface area contributed by atoms with Gasteiger partial charge in [-0.3, -0.25) is 0 Å². The van der Waals surface area contributed by atoms with E-state index < -0.39 is 0 Å². The third kappa shape index (κ3) is 2.23. The van der Waals surface area contributed by atoms with Crippen LogP contribution in [-0.4, -0.2) is 9.78 Å². The van der Waals surface area contributed by atoms with Gasteiger partial charge in [0.1, 0.15) is 5.82 Å². The summed E-state index contributed by atoms with van der Waals surface area (Å²) in [6.07, 6.45) is 0. The lowest BCUT2D eigenvalue weighted by Crippen LogP contribution is -2.05. The molecule has 16 heavy (non-hydrogen) atoms. The van der Waals surface area contributed by atoms with Crippen molar-refractivity contribution in [3.63, 3.8) is 0 Å². The predicted octanol–water partition coefficient (Wildman–Crippen LogP) is 3.24. The minimum Gasteiger partial charge on any atom is -0.383 e. The van der Waals surface area contributed by atoms with E-state index in [-0.39, 0.29) is 0 Å². The highest BCUT2D eigenvalue weighted by Crippen LogP contribution is 2.23. The second-order valence-electron chi connectivity index (χ2n) is 3.57. The number of halogens is 2. The summed E-state index contributed by atoms with van der Waals surface area (Å²) in [6.45, 7) is 2.56. The van der Waals surface area contributed by atoms with E-state index in [9.17, 15) is 0 Å². The molecule has 2 rings (SSSR count). The molecule has 2 aromatic rings. The molecule has 1 aromatic carbocycles. The lowest BCUT2D eigenvalue weighted by atomic mass is 10.2. The van der Waals surface area contributed by atoms with Crippen LogP contribution in [0.2, 0.25) is 5.02 Å². The van der Waals surface area contributed by atoms with Crippen molar-refractivity contribution in [2.75, 3.05) is 5.73 Å². The van der Waals surface area contributed by atoms with Gasteiger partial charge in [0.15, 0.2) is 0 Å². The number of benzene rings is 1. The number of anilines is 1. The molecule has 2 N–H and O–H groups in total. The quantitative estimate of drug-likeness (QED) is 0.925. The van der Waals surface area contributed by atoms with Gasteiger partial charge >= 0.3 is 0 Å². The zero-order valence-electron chi connectivity index (χ0n) is 8.74. The van der Waals surface area contributed by atoms with Crippen molar-refractivity contribution in [1.82, 2.24) is 9.78 Å². The summed E-state index contributed by atoms with van der Waals surface area (Å²) in [7, 11) is 0. The van der Waals surface area contributed by atoms with Crippen LogP contribution in [0.4, 0.5) is 5.82 Å². The number of aryl methyl sites for hydroxylation is 1. The standard InChI is InChI=1S/C11H11BrClN3/c1-7-10(12)11(14)16(15-7)6-8-2-4-9(13)5-3-8/h2-5H,6,14H2,1H3. The highest BCUT2D eigenvalue weighted by molar-refractivity contribution is 9.10. The number of hydrogen-bond acceptors (Lipinski definition) is 2. The highest BCUT2D eigenvalue weighted by Gasteiger charge is 2.09. The first kappa shape index (κ1) is 11.5. The zero-order valence-corrected chi connectivity index (χ0v) is 11.1. The van der Waals surface area contributed by atoms with Crippen molar-refractivity contribution in [3.05, 3.63) is 45.0 Å². The largest absolute Gasteiger partial charge is 0.383 e. The Morgan fingerprint density at radius 1 is 1.38 bits per heavy atom. The molecule has 0 unspecified atom stereocenters. The molecule has 0 saturated carbocycles. The van der Waals surface area contributed by atoms with Crippen molar-refractivity contribution >= 4 is 33.3 Å². The SMILES string of the molecule is Cc1nn(Cc2ccc(Cl)cc2)c(N)c1Br. The Hall–Kier alpha value is -1.00. The average molecular weight is 301 g/mol. The van der Waals surface area contributed by atoms with Crippen LogP contribution >= 0.6 is 27.5 Å². The Morgan fingerprint density at radius 3 is 2.50 bits per heavy atom. The van der Waals surface area contributed by atoms with Gasteiger partial charge in [0.2, 0.25) is 0 Å². The van der Waals surface area contributed by atoms with Crippen molar-refractivity contribution in [2.45, 2.75) is 13.5 Å². The molecular weight excluding hydrogens is 289 g/mol. The number of nitrogen functional groups attached to an aromatic ring is 1. The van der Waals surface area contributed by atoms with Gasteiger partial charge in [-0.1, -0.05) is 23.7 Å². The maximum absolute atomic E-state index is 5.91. The normalized spacial score (nSPS) is 10.7. The Kier molecular flexibility index (Phi) is 3.21. The molecule has 0 amide bonds. The minimum atomic E-state index is 0.646. The summed E-state index contributed by atoms with van der Waals surface area (Å²) in [5, 5.41) is 5.07. The first-order valence-electron chi connectivity index (χ1n) is 4.81. The topological polar surface area (TPSA) is 43.8 Å². The number of aromatic nitrogens is 2. The summed E-state index contributed by atoms with van der Waals surface area (Å²) in [5.74, 6) is 0.646. The van der Waals surface area contributed by atoms with E-state index in [1.165, 1.54) is 0 Å². The number of nitrogens with zero attached hydrogens (tertiary/aromatic N) is 2. The van der Waals surface area contributed by atoms with Gasteiger partial charge in [-0.15, -0.1) is 0 Å². The Labute approximate surface area is 107 Å². The van der Waals surface area contributed by atoms with Gasteiger partial charge in [0, 0.05) is 5.02 Å². The van der Waals surface area contributed by atoms with Gasteiger partial charge in [0.25, 0.3) is 0 Å². The maximum atomic E-state index is 5.91. The van der Waals surface area contributed by atoms with Crippen molar-refractivity contribution in [2.24, 2.45) is 0 Å². The highest BCUT2D eigenvalue weighted by atomic mass is 79.9. The molecule has 0 aliphatic carbocycles. The molecule has 0 aliphatic rings. The molecule has 0 saturated heterocycles. The van der Waals surface area contributed by atoms with Gasteiger partial charge in [-0.05, 0) is 40.5 Å². The Balaban J connectivity index is 2.27. The van der Waals surface area contributed by atoms with E-state index in [1.54, 1.807) is 4.68 Å². The fraction of sp³-hybridized carbons (Fsp3) is 0.182. The van der Waals surface area contributed by atoms with Gasteiger partial charge in [0.05, 0.1) is 16.7 Å². The number of hydrogen-bond donors (Lipinski definition) is 1. The van der Waals surface area contributed by atoms with Crippen LogP contribution in [0.15, 0.2) is 28.7 Å². The first-order chi connectivity index (χ1) is 7.58. The van der Waals surface area contributed by atoms with Crippen molar-refractivity contribution in [1.29, 1.82) is 0 Å². The minimum absolute atomic E-state index is 0.646. The van der Waals surface area contributed by atoms with Crippen LogP contribution in [0.25, 0.3) is 0 Å². The third-order valence-corrected chi connectivity index (χ3v) is 3.57. The monoisotopic (exact) mass is 299 g/mol. The van der Waals surface area contributed by atoms with Gasteiger partial charge in [-0.25, -0.2) is 4.68 Å². The molecule has 0 fully saturated rings. The van der Waals surface area contributed by atoms with Crippen LogP contribution < -0.4 is 5.73 Å². The second kappa shape index (κ2) is 4.47. The Morgan fingerprint density at radius 2 is 2.00 bits per heavy atom. The molecule has 1 aromatic heterocycles. The molecule has 0 aliphatic heterocycles. The lowest BCUT2D eigenvalue weighted by molar-refractivity contribution is 0.689. The molecule has 0 atom stereocenters. The fourth-order valence-electron chi connectivity index (χ4n) is 1.46. The molecular formula is C11H11BrClN3. The summed E-state index contributed by atoms with van der Waals surface area (Å²) in [6, 6.07) is 7.65. The summed E-state index contributed by atoms with van der Waals surface area (Å²) in [5.41, 5.74) is 7.92. The average Bonchev–Trinajstić information content (AvgIpc) is 2.50. The maximum Gasteiger partial charge on any atom is 0.136 e. The van der Waals surface area contributed by atoms with Crippen LogP contribution in [0, 0.1) is 6.92 Å². The molecule has 84 valence electrons. The molecule has 0 bridgehead atoms.